The predicted octanol–water partition coefficient (Wildman–Crippen LogP) is 1.06. The highest BCUT2D eigenvalue weighted by atomic mass is 19.1. The van der Waals surface area contributed by atoms with Crippen LogP contribution in [-0.2, 0) is 4.74 Å². The molecule has 0 aromatic carbocycles. The Morgan fingerprint density at radius 2 is 2.45 bits per heavy atom. The normalized spacial score (nSPS) is 18.2. The van der Waals surface area contributed by atoms with Crippen LogP contribution in [0, 0.1) is 5.82 Å². The number of hydrogen-bond acceptors (Lipinski definition) is 4. The zero-order chi connectivity index (χ0) is 14.4. The number of carbonyl (C=O) groups is 1. The fourth-order valence-electron chi connectivity index (χ4n) is 2.32. The highest BCUT2D eigenvalue weighted by Gasteiger charge is 2.22. The van der Waals surface area contributed by atoms with Crippen molar-refractivity contribution in [2.24, 2.45) is 0 Å². The lowest BCUT2D eigenvalue weighted by Crippen LogP contribution is -2.43. The molecule has 6 heteroatoms. The maximum absolute atomic E-state index is 12.9. The highest BCUT2D eigenvalue weighted by molar-refractivity contribution is 5.92. The van der Waals surface area contributed by atoms with Crippen molar-refractivity contribution in [2.45, 2.75) is 18.9 Å². The van der Waals surface area contributed by atoms with Gasteiger partial charge in [-0.15, -0.1) is 0 Å². The number of methoxy groups -OCH3 is 1. The largest absolute Gasteiger partial charge is 0.383 e. The number of nitrogens with zero attached hydrogens (tertiary/aromatic N) is 2. The average Bonchev–Trinajstić information content (AvgIpc) is 2.96. The number of amides is 1. The topological polar surface area (TPSA) is 54.5 Å². The van der Waals surface area contributed by atoms with Crippen molar-refractivity contribution < 1.29 is 13.9 Å². The van der Waals surface area contributed by atoms with Gasteiger partial charge in [0.15, 0.2) is 0 Å². The minimum absolute atomic E-state index is 0.184. The maximum Gasteiger partial charge on any atom is 0.272 e. The van der Waals surface area contributed by atoms with Crippen LogP contribution in [0.3, 0.4) is 0 Å². The van der Waals surface area contributed by atoms with Crippen molar-refractivity contribution in [3.05, 3.63) is 29.8 Å². The first kappa shape index (κ1) is 14.9. The molecular weight excluding hydrogens is 261 g/mol. The van der Waals surface area contributed by atoms with E-state index in [-0.39, 0.29) is 11.6 Å². The molecule has 1 N–H and O–H groups in total. The first-order valence-electron chi connectivity index (χ1n) is 6.84. The van der Waals surface area contributed by atoms with E-state index in [2.05, 4.69) is 10.3 Å². The molecule has 0 aliphatic carbocycles. The van der Waals surface area contributed by atoms with Crippen LogP contribution in [0.5, 0.6) is 0 Å². The Hall–Kier alpha value is -1.53. The zero-order valence-electron chi connectivity index (χ0n) is 11.6. The van der Waals surface area contributed by atoms with Crippen LogP contribution < -0.4 is 5.32 Å². The molecule has 1 aliphatic rings. The lowest BCUT2D eigenvalue weighted by molar-refractivity contribution is 0.0673. The maximum atomic E-state index is 12.9. The third-order valence-electron chi connectivity index (χ3n) is 3.40. The van der Waals surface area contributed by atoms with Gasteiger partial charge < -0.3 is 15.0 Å². The van der Waals surface area contributed by atoms with E-state index in [1.54, 1.807) is 12.0 Å². The Morgan fingerprint density at radius 3 is 3.05 bits per heavy atom. The van der Waals surface area contributed by atoms with Crippen LogP contribution in [0.25, 0.3) is 0 Å². The van der Waals surface area contributed by atoms with E-state index in [0.717, 1.165) is 25.6 Å². The Morgan fingerprint density at radius 1 is 1.60 bits per heavy atom. The smallest absolute Gasteiger partial charge is 0.272 e. The van der Waals surface area contributed by atoms with Gasteiger partial charge in [-0.3, -0.25) is 4.79 Å². The molecule has 2 heterocycles. The molecule has 0 spiro atoms. The van der Waals surface area contributed by atoms with Crippen LogP contribution in [0.15, 0.2) is 18.3 Å². The number of ether oxygens (including phenoxy) is 1. The Bertz CT molecular complexity index is 433. The summed E-state index contributed by atoms with van der Waals surface area (Å²) in [5.74, 6) is -0.627. The minimum atomic E-state index is -0.442. The van der Waals surface area contributed by atoms with Crippen LogP contribution in [0.2, 0.25) is 0 Å². The van der Waals surface area contributed by atoms with Crippen LogP contribution in [0.1, 0.15) is 23.3 Å². The molecule has 1 atom stereocenters. The lowest BCUT2D eigenvalue weighted by atomic mass is 10.2. The monoisotopic (exact) mass is 281 g/mol. The van der Waals surface area contributed by atoms with E-state index in [1.807, 2.05) is 0 Å². The molecule has 1 unspecified atom stereocenters. The summed E-state index contributed by atoms with van der Waals surface area (Å²) >= 11 is 0. The fraction of sp³-hybridized carbons (Fsp3) is 0.571. The first-order chi connectivity index (χ1) is 9.70. The molecule has 1 aromatic heterocycles. The Labute approximate surface area is 118 Å². The molecule has 1 amide bonds. The quantitative estimate of drug-likeness (QED) is 0.847. The lowest BCUT2D eigenvalue weighted by Gasteiger charge is -2.25. The predicted molar refractivity (Wildman–Crippen MR) is 73.0 cm³/mol. The first-order valence-corrected chi connectivity index (χ1v) is 6.84. The summed E-state index contributed by atoms with van der Waals surface area (Å²) in [5, 5.41) is 3.36. The number of rotatable bonds is 6. The molecule has 1 aliphatic heterocycles. The second kappa shape index (κ2) is 7.31. The summed E-state index contributed by atoms with van der Waals surface area (Å²) in [4.78, 5) is 18.0. The molecule has 2 rings (SSSR count). The number of nitrogens with one attached hydrogen (secondary N) is 1. The molecule has 20 heavy (non-hydrogen) atoms. The van der Waals surface area contributed by atoms with Gasteiger partial charge in [0.1, 0.15) is 11.5 Å². The van der Waals surface area contributed by atoms with E-state index in [0.29, 0.717) is 25.7 Å². The van der Waals surface area contributed by atoms with E-state index in [1.165, 1.54) is 12.1 Å². The molecular formula is C14H20FN3O2. The van der Waals surface area contributed by atoms with Gasteiger partial charge in [-0.2, -0.15) is 0 Å². The van der Waals surface area contributed by atoms with Crippen molar-refractivity contribution in [3.63, 3.8) is 0 Å². The van der Waals surface area contributed by atoms with Crippen LogP contribution in [-0.4, -0.2) is 55.2 Å². The standard InChI is InChI=1S/C14H20FN3O2/c1-20-8-7-18(10-12-3-2-6-16-12)14(19)13-5-4-11(15)9-17-13/h4-5,9,12,16H,2-3,6-8,10H2,1H3. The van der Waals surface area contributed by atoms with Crippen LogP contribution in [0.4, 0.5) is 4.39 Å². The van der Waals surface area contributed by atoms with E-state index < -0.39 is 5.82 Å². The summed E-state index contributed by atoms with van der Waals surface area (Å²) in [6.07, 6.45) is 3.26. The number of carbonyl (C=O) groups excluding carboxylic acids is 1. The number of hydrogen-bond donors (Lipinski definition) is 1. The van der Waals surface area contributed by atoms with E-state index in [9.17, 15) is 9.18 Å². The fourth-order valence-corrected chi connectivity index (χ4v) is 2.32. The van der Waals surface area contributed by atoms with Gasteiger partial charge in [-0.05, 0) is 31.5 Å². The zero-order valence-corrected chi connectivity index (χ0v) is 11.6. The number of aromatic nitrogens is 1. The molecule has 5 nitrogen and oxygen atoms in total. The second-order valence-corrected chi connectivity index (χ2v) is 4.90. The summed E-state index contributed by atoms with van der Waals surface area (Å²) in [6, 6.07) is 2.98. The molecule has 0 bridgehead atoms. The molecule has 1 saturated heterocycles. The van der Waals surface area contributed by atoms with Crippen molar-refractivity contribution >= 4 is 5.91 Å². The summed E-state index contributed by atoms with van der Waals surface area (Å²) in [7, 11) is 1.60. The third-order valence-corrected chi connectivity index (χ3v) is 3.40. The minimum Gasteiger partial charge on any atom is -0.383 e. The Kier molecular flexibility index (Phi) is 5.43. The van der Waals surface area contributed by atoms with Gasteiger partial charge in [0.05, 0.1) is 12.8 Å². The van der Waals surface area contributed by atoms with Crippen molar-refractivity contribution in [1.82, 2.24) is 15.2 Å². The van der Waals surface area contributed by atoms with Crippen molar-refractivity contribution in [3.8, 4) is 0 Å². The number of pyridine rings is 1. The van der Waals surface area contributed by atoms with Crippen molar-refractivity contribution in [1.29, 1.82) is 0 Å². The summed E-state index contributed by atoms with van der Waals surface area (Å²) in [5.41, 5.74) is 0.264. The second-order valence-electron chi connectivity index (χ2n) is 4.90. The number of halogens is 1. The van der Waals surface area contributed by atoms with E-state index in [4.69, 9.17) is 4.74 Å². The van der Waals surface area contributed by atoms with E-state index >= 15 is 0 Å². The van der Waals surface area contributed by atoms with Gasteiger partial charge >= 0.3 is 0 Å². The third kappa shape index (κ3) is 3.98. The van der Waals surface area contributed by atoms with Crippen LogP contribution >= 0.6 is 0 Å². The molecule has 0 saturated carbocycles. The highest BCUT2D eigenvalue weighted by Crippen LogP contribution is 2.10. The SMILES string of the molecule is COCCN(CC1CCCN1)C(=O)c1ccc(F)cn1. The summed E-state index contributed by atoms with van der Waals surface area (Å²) in [6.45, 7) is 2.60. The van der Waals surface area contributed by atoms with Gasteiger partial charge in [0.2, 0.25) is 0 Å². The molecule has 110 valence electrons. The van der Waals surface area contributed by atoms with Crippen molar-refractivity contribution in [2.75, 3.05) is 33.4 Å². The molecule has 0 radical (unpaired) electrons. The molecule has 1 fully saturated rings. The average molecular weight is 281 g/mol. The van der Waals surface area contributed by atoms with Gasteiger partial charge in [0, 0.05) is 26.2 Å². The van der Waals surface area contributed by atoms with Gasteiger partial charge in [-0.1, -0.05) is 0 Å². The Balaban J connectivity index is 2.03. The summed E-state index contributed by atoms with van der Waals surface area (Å²) < 4.78 is 17.9. The molecule has 1 aromatic rings. The van der Waals surface area contributed by atoms with Gasteiger partial charge in [-0.25, -0.2) is 9.37 Å². The van der Waals surface area contributed by atoms with Gasteiger partial charge in [0.25, 0.3) is 5.91 Å².